The molecule has 0 bridgehead atoms. The average Bonchev–Trinajstić information content (AvgIpc) is 2.22. The van der Waals surface area contributed by atoms with Gasteiger partial charge in [0.2, 0.25) is 5.96 Å². The topological polar surface area (TPSA) is 83.4 Å². The molecule has 0 heterocycles. The van der Waals surface area contributed by atoms with Crippen LogP contribution >= 0.6 is 0 Å². The Labute approximate surface area is 88.2 Å². The maximum Gasteiger partial charge on any atom is 0.207 e. The van der Waals surface area contributed by atoms with Crippen molar-refractivity contribution in [1.29, 1.82) is 5.26 Å². The van der Waals surface area contributed by atoms with Crippen LogP contribution in [0.2, 0.25) is 0 Å². The van der Waals surface area contributed by atoms with Crippen molar-refractivity contribution in [1.82, 2.24) is 5.32 Å². The fraction of sp³-hybridized carbons (Fsp3) is 0.200. The zero-order valence-electron chi connectivity index (χ0n) is 8.40. The summed E-state index contributed by atoms with van der Waals surface area (Å²) in [5, 5.41) is 10.5. The molecule has 0 spiro atoms. The standard InChI is InChI=1S/C10H12N4O/c1-2-15-9-5-3-8(4-6-9)14-10(12)13-7-11/h3-6H,2H2,1H3,(H3,12,13,14). The highest BCUT2D eigenvalue weighted by Crippen LogP contribution is 2.17. The molecule has 0 aromatic heterocycles. The zero-order chi connectivity index (χ0) is 11.1. The lowest BCUT2D eigenvalue weighted by molar-refractivity contribution is 0.340. The number of hydrogen-bond donors (Lipinski definition) is 2. The molecule has 0 amide bonds. The van der Waals surface area contributed by atoms with Crippen LogP contribution < -0.4 is 15.8 Å². The lowest BCUT2D eigenvalue weighted by Gasteiger charge is -2.02. The van der Waals surface area contributed by atoms with Gasteiger partial charge in [0.1, 0.15) is 5.75 Å². The molecule has 3 N–H and O–H groups in total. The second kappa shape index (κ2) is 5.50. The van der Waals surface area contributed by atoms with E-state index in [0.717, 1.165) is 5.75 Å². The van der Waals surface area contributed by atoms with Gasteiger partial charge in [0, 0.05) is 0 Å². The Morgan fingerprint density at radius 1 is 1.53 bits per heavy atom. The Hall–Kier alpha value is -2.22. The highest BCUT2D eigenvalue weighted by molar-refractivity contribution is 5.82. The third-order valence-electron chi connectivity index (χ3n) is 1.58. The van der Waals surface area contributed by atoms with Crippen molar-refractivity contribution in [3.8, 4) is 11.9 Å². The maximum absolute atomic E-state index is 8.29. The molecule has 0 aliphatic carbocycles. The van der Waals surface area contributed by atoms with Gasteiger partial charge in [-0.2, -0.15) is 5.26 Å². The number of hydrogen-bond acceptors (Lipinski definition) is 3. The fourth-order valence-corrected chi connectivity index (χ4v) is 1.01. The number of ether oxygens (including phenoxy) is 1. The van der Waals surface area contributed by atoms with Crippen molar-refractivity contribution >= 4 is 11.6 Å². The van der Waals surface area contributed by atoms with Crippen LogP contribution in [0.1, 0.15) is 6.92 Å². The van der Waals surface area contributed by atoms with Crippen molar-refractivity contribution in [2.45, 2.75) is 6.92 Å². The van der Waals surface area contributed by atoms with E-state index in [1.54, 1.807) is 30.5 Å². The third-order valence-corrected chi connectivity index (χ3v) is 1.58. The molecule has 1 aromatic carbocycles. The van der Waals surface area contributed by atoms with Gasteiger partial charge in [0.05, 0.1) is 12.3 Å². The lowest BCUT2D eigenvalue weighted by atomic mass is 10.3. The molecular formula is C10H12N4O. The summed E-state index contributed by atoms with van der Waals surface area (Å²) in [6.07, 6.45) is 1.69. The largest absolute Gasteiger partial charge is 0.494 e. The van der Waals surface area contributed by atoms with Crippen LogP contribution in [0.3, 0.4) is 0 Å². The van der Waals surface area contributed by atoms with E-state index in [-0.39, 0.29) is 5.96 Å². The van der Waals surface area contributed by atoms with Crippen molar-refractivity contribution < 1.29 is 4.74 Å². The summed E-state index contributed by atoms with van der Waals surface area (Å²) >= 11 is 0. The Bertz CT molecular complexity index is 377. The molecule has 0 saturated carbocycles. The summed E-state index contributed by atoms with van der Waals surface area (Å²) < 4.78 is 5.27. The predicted molar refractivity (Wildman–Crippen MR) is 57.6 cm³/mol. The number of nitriles is 1. The zero-order valence-corrected chi connectivity index (χ0v) is 8.40. The van der Waals surface area contributed by atoms with E-state index in [0.29, 0.717) is 12.3 Å². The van der Waals surface area contributed by atoms with E-state index in [9.17, 15) is 0 Å². The summed E-state index contributed by atoms with van der Waals surface area (Å²) in [7, 11) is 0. The molecule has 1 rings (SSSR count). The molecule has 0 aliphatic rings. The number of nitrogens with one attached hydrogen (secondary N) is 1. The number of nitrogens with two attached hydrogens (primary N) is 1. The van der Waals surface area contributed by atoms with Gasteiger partial charge in [-0.25, -0.2) is 4.99 Å². The van der Waals surface area contributed by atoms with Gasteiger partial charge in [-0.05, 0) is 31.2 Å². The van der Waals surface area contributed by atoms with E-state index in [1.807, 2.05) is 6.92 Å². The number of benzene rings is 1. The van der Waals surface area contributed by atoms with E-state index in [2.05, 4.69) is 10.3 Å². The van der Waals surface area contributed by atoms with Crippen molar-refractivity contribution in [2.75, 3.05) is 6.61 Å². The van der Waals surface area contributed by atoms with Gasteiger partial charge in [-0.1, -0.05) is 0 Å². The molecule has 0 radical (unpaired) electrons. The number of guanidine groups is 1. The third kappa shape index (κ3) is 3.56. The lowest BCUT2D eigenvalue weighted by Crippen LogP contribution is -2.26. The first kappa shape index (κ1) is 10.9. The minimum atomic E-state index is 0.0710. The van der Waals surface area contributed by atoms with Crippen LogP contribution in [0.15, 0.2) is 29.3 Å². The maximum atomic E-state index is 8.29. The number of aliphatic imine (C=N–C) groups is 1. The Morgan fingerprint density at radius 2 is 2.20 bits per heavy atom. The van der Waals surface area contributed by atoms with Gasteiger partial charge in [0.25, 0.3) is 0 Å². The van der Waals surface area contributed by atoms with E-state index in [1.165, 1.54) is 0 Å². The molecule has 15 heavy (non-hydrogen) atoms. The highest BCUT2D eigenvalue weighted by Gasteiger charge is 1.94. The second-order valence-corrected chi connectivity index (χ2v) is 2.66. The Morgan fingerprint density at radius 3 is 2.73 bits per heavy atom. The quantitative estimate of drug-likeness (QED) is 0.334. The number of rotatable bonds is 3. The van der Waals surface area contributed by atoms with Crippen molar-refractivity contribution in [2.24, 2.45) is 10.7 Å². The number of nitrogens with zero attached hydrogens (tertiary/aromatic N) is 2. The van der Waals surface area contributed by atoms with Crippen LogP contribution in [0.25, 0.3) is 0 Å². The summed E-state index contributed by atoms with van der Waals surface area (Å²) in [5.41, 5.74) is 6.06. The minimum absolute atomic E-state index is 0.0710. The van der Waals surface area contributed by atoms with Gasteiger partial charge in [0.15, 0.2) is 6.19 Å². The van der Waals surface area contributed by atoms with Crippen LogP contribution in [0.5, 0.6) is 5.75 Å². The molecule has 0 saturated heterocycles. The van der Waals surface area contributed by atoms with Gasteiger partial charge in [-0.15, -0.1) is 0 Å². The minimum Gasteiger partial charge on any atom is -0.494 e. The summed E-state index contributed by atoms with van der Waals surface area (Å²) in [6.45, 7) is 2.54. The molecule has 5 heteroatoms. The summed E-state index contributed by atoms with van der Waals surface area (Å²) in [4.78, 5) is 3.96. The molecule has 1 aromatic rings. The van der Waals surface area contributed by atoms with Crippen molar-refractivity contribution in [3.05, 3.63) is 24.3 Å². The molecule has 0 aliphatic heterocycles. The van der Waals surface area contributed by atoms with Gasteiger partial charge >= 0.3 is 0 Å². The molecule has 78 valence electrons. The summed E-state index contributed by atoms with van der Waals surface area (Å²) in [6, 6.07) is 7.11. The van der Waals surface area contributed by atoms with Gasteiger partial charge in [-0.3, -0.25) is 5.32 Å². The average molecular weight is 204 g/mol. The first-order chi connectivity index (χ1) is 7.26. The van der Waals surface area contributed by atoms with Crippen LogP contribution in [0, 0.1) is 11.5 Å². The smallest absolute Gasteiger partial charge is 0.207 e. The molecule has 5 nitrogen and oxygen atoms in total. The SMILES string of the molecule is CCOc1ccc(N=C(N)NC#N)cc1. The van der Waals surface area contributed by atoms with Crippen LogP contribution in [-0.2, 0) is 0 Å². The summed E-state index contributed by atoms with van der Waals surface area (Å²) in [5.74, 6) is 0.852. The van der Waals surface area contributed by atoms with E-state index >= 15 is 0 Å². The molecule has 0 fully saturated rings. The normalized spacial score (nSPS) is 10.5. The molecular weight excluding hydrogens is 192 g/mol. The molecule has 0 atom stereocenters. The van der Waals surface area contributed by atoms with Crippen LogP contribution in [-0.4, -0.2) is 12.6 Å². The molecule has 0 unspecified atom stereocenters. The predicted octanol–water partition coefficient (Wildman–Crippen LogP) is 1.10. The Kier molecular flexibility index (Phi) is 3.98. The van der Waals surface area contributed by atoms with Crippen LogP contribution in [0.4, 0.5) is 5.69 Å². The van der Waals surface area contributed by atoms with E-state index < -0.39 is 0 Å². The van der Waals surface area contributed by atoms with Gasteiger partial charge < -0.3 is 10.5 Å². The van der Waals surface area contributed by atoms with E-state index in [4.69, 9.17) is 15.7 Å². The highest BCUT2D eigenvalue weighted by atomic mass is 16.5. The van der Waals surface area contributed by atoms with Crippen molar-refractivity contribution in [3.63, 3.8) is 0 Å². The fourth-order valence-electron chi connectivity index (χ4n) is 1.01. The Balaban J connectivity index is 2.72. The monoisotopic (exact) mass is 204 g/mol. The first-order valence-electron chi connectivity index (χ1n) is 4.48. The second-order valence-electron chi connectivity index (χ2n) is 2.66. The first-order valence-corrected chi connectivity index (χ1v) is 4.48.